The van der Waals surface area contributed by atoms with Crippen LogP contribution in [0.4, 0.5) is 0 Å². The summed E-state index contributed by atoms with van der Waals surface area (Å²) in [5.41, 5.74) is 1.29. The lowest BCUT2D eigenvalue weighted by Gasteiger charge is -2.39. The summed E-state index contributed by atoms with van der Waals surface area (Å²) in [7, 11) is 1.80. The lowest BCUT2D eigenvalue weighted by Crippen LogP contribution is -2.52. The molecule has 0 amide bonds. The van der Waals surface area contributed by atoms with Crippen molar-refractivity contribution >= 4 is 17.4 Å². The number of carbonyl (C=O) groups excluding carboxylic acids is 1. The number of Topliss-reactive ketones (excluding diaryl/α,β-unsaturated/α-hetero) is 1. The van der Waals surface area contributed by atoms with Crippen LogP contribution in [0.1, 0.15) is 44.4 Å². The molecule has 20 heavy (non-hydrogen) atoms. The molecule has 2 rings (SSSR count). The smallest absolute Gasteiger partial charge is 0.157 e. The number of hydrogen-bond donors (Lipinski definition) is 0. The Hall–Kier alpha value is -0.870. The minimum absolute atomic E-state index is 0.220. The molecular weight excluding hydrogens is 274 g/mol. The quantitative estimate of drug-likeness (QED) is 0.858. The van der Waals surface area contributed by atoms with E-state index < -0.39 is 5.54 Å². The van der Waals surface area contributed by atoms with Gasteiger partial charge in [0, 0.05) is 19.0 Å². The molecule has 1 aromatic rings. The molecule has 1 aliphatic rings. The van der Waals surface area contributed by atoms with E-state index in [-0.39, 0.29) is 5.78 Å². The van der Waals surface area contributed by atoms with Crippen LogP contribution in [0.25, 0.3) is 0 Å². The molecule has 0 atom stereocenters. The van der Waals surface area contributed by atoms with Crippen molar-refractivity contribution < 1.29 is 4.79 Å². The Balaban J connectivity index is 2.14. The molecule has 0 spiro atoms. The molecule has 0 saturated carbocycles. The van der Waals surface area contributed by atoms with Crippen LogP contribution >= 0.6 is 11.6 Å². The highest BCUT2D eigenvalue weighted by Gasteiger charge is 2.35. The second-order valence-electron chi connectivity index (χ2n) is 6.19. The lowest BCUT2D eigenvalue weighted by molar-refractivity contribution is -0.129. The van der Waals surface area contributed by atoms with E-state index >= 15 is 0 Å². The SMILES string of the molecule is Cc1nn(C)c(Cl)c1CC(=O)C(C)(C)N1CCCCC1. The van der Waals surface area contributed by atoms with Crippen molar-refractivity contribution in [1.29, 1.82) is 0 Å². The summed E-state index contributed by atoms with van der Waals surface area (Å²) in [6.45, 7) is 7.99. The van der Waals surface area contributed by atoms with Crippen molar-refractivity contribution in [2.45, 2.75) is 52.0 Å². The van der Waals surface area contributed by atoms with Gasteiger partial charge in [-0.2, -0.15) is 5.10 Å². The summed E-state index contributed by atoms with van der Waals surface area (Å²) in [5, 5.41) is 4.85. The number of hydrogen-bond acceptors (Lipinski definition) is 3. The minimum Gasteiger partial charge on any atom is -0.297 e. The van der Waals surface area contributed by atoms with Gasteiger partial charge in [-0.15, -0.1) is 0 Å². The first-order valence-corrected chi connectivity index (χ1v) is 7.68. The van der Waals surface area contributed by atoms with Crippen LogP contribution in [0, 0.1) is 6.92 Å². The second kappa shape index (κ2) is 5.86. The number of rotatable bonds is 4. The van der Waals surface area contributed by atoms with Crippen molar-refractivity contribution in [3.05, 3.63) is 16.4 Å². The monoisotopic (exact) mass is 297 g/mol. The fourth-order valence-electron chi connectivity index (χ4n) is 2.88. The van der Waals surface area contributed by atoms with E-state index in [4.69, 9.17) is 11.6 Å². The van der Waals surface area contributed by atoms with Crippen LogP contribution in [0.15, 0.2) is 0 Å². The number of carbonyl (C=O) groups is 1. The van der Waals surface area contributed by atoms with Gasteiger partial charge in [0.05, 0.1) is 11.2 Å². The standard InChI is InChI=1S/C15H24ClN3O/c1-11-12(14(16)18(4)17-11)10-13(20)15(2,3)19-8-6-5-7-9-19/h5-10H2,1-4H3. The van der Waals surface area contributed by atoms with Gasteiger partial charge in [0.2, 0.25) is 0 Å². The summed E-state index contributed by atoms with van der Waals surface area (Å²) >= 11 is 6.23. The van der Waals surface area contributed by atoms with Gasteiger partial charge in [-0.05, 0) is 46.7 Å². The highest BCUT2D eigenvalue weighted by Crippen LogP contribution is 2.26. The molecule has 5 heteroatoms. The minimum atomic E-state index is -0.425. The zero-order chi connectivity index (χ0) is 14.9. The summed E-state index contributed by atoms with van der Waals surface area (Å²) in [6.07, 6.45) is 4.00. The van der Waals surface area contributed by atoms with Crippen LogP contribution in [-0.4, -0.2) is 39.1 Å². The molecular formula is C15H24ClN3O. The molecule has 1 fully saturated rings. The maximum absolute atomic E-state index is 12.7. The number of aryl methyl sites for hydroxylation is 2. The molecule has 0 aliphatic carbocycles. The Bertz CT molecular complexity index is 501. The van der Waals surface area contributed by atoms with Gasteiger partial charge in [-0.1, -0.05) is 18.0 Å². The van der Waals surface area contributed by atoms with Gasteiger partial charge >= 0.3 is 0 Å². The van der Waals surface area contributed by atoms with Crippen molar-refractivity contribution in [3.8, 4) is 0 Å². The topological polar surface area (TPSA) is 38.1 Å². The van der Waals surface area contributed by atoms with Crippen LogP contribution in [0.5, 0.6) is 0 Å². The Labute approximate surface area is 126 Å². The van der Waals surface area contributed by atoms with Crippen molar-refractivity contribution in [2.75, 3.05) is 13.1 Å². The molecule has 0 bridgehead atoms. The zero-order valence-electron chi connectivity index (χ0n) is 12.9. The highest BCUT2D eigenvalue weighted by molar-refractivity contribution is 6.30. The molecule has 1 aromatic heterocycles. The van der Waals surface area contributed by atoms with Gasteiger partial charge < -0.3 is 0 Å². The zero-order valence-corrected chi connectivity index (χ0v) is 13.6. The highest BCUT2D eigenvalue weighted by atomic mass is 35.5. The fourth-order valence-corrected chi connectivity index (χ4v) is 3.12. The van der Waals surface area contributed by atoms with Crippen molar-refractivity contribution in [2.24, 2.45) is 7.05 Å². The Morgan fingerprint density at radius 2 is 1.90 bits per heavy atom. The first kappa shape index (κ1) is 15.5. The summed E-state index contributed by atoms with van der Waals surface area (Å²) in [5.74, 6) is 0.220. The molecule has 1 aliphatic heterocycles. The van der Waals surface area contributed by atoms with Crippen LogP contribution in [0.2, 0.25) is 5.15 Å². The lowest BCUT2D eigenvalue weighted by atomic mass is 9.90. The Morgan fingerprint density at radius 3 is 2.40 bits per heavy atom. The van der Waals surface area contributed by atoms with Gasteiger partial charge in [-0.25, -0.2) is 0 Å². The molecule has 0 unspecified atom stereocenters. The first-order chi connectivity index (χ1) is 9.34. The van der Waals surface area contributed by atoms with Gasteiger partial charge in [0.1, 0.15) is 5.15 Å². The van der Waals surface area contributed by atoms with Crippen molar-refractivity contribution in [1.82, 2.24) is 14.7 Å². The van der Waals surface area contributed by atoms with E-state index in [9.17, 15) is 4.79 Å². The van der Waals surface area contributed by atoms with Gasteiger partial charge in [0.25, 0.3) is 0 Å². The van der Waals surface area contributed by atoms with E-state index in [0.29, 0.717) is 11.6 Å². The van der Waals surface area contributed by atoms with E-state index in [0.717, 1.165) is 24.3 Å². The van der Waals surface area contributed by atoms with E-state index in [1.807, 2.05) is 20.8 Å². The Morgan fingerprint density at radius 1 is 1.30 bits per heavy atom. The average molecular weight is 298 g/mol. The number of aromatic nitrogens is 2. The maximum atomic E-state index is 12.7. The summed E-state index contributed by atoms with van der Waals surface area (Å²) in [6, 6.07) is 0. The molecule has 0 N–H and O–H groups in total. The average Bonchev–Trinajstić information content (AvgIpc) is 2.66. The van der Waals surface area contributed by atoms with E-state index in [1.54, 1.807) is 11.7 Å². The molecule has 2 heterocycles. The molecule has 112 valence electrons. The largest absolute Gasteiger partial charge is 0.297 e. The predicted molar refractivity (Wildman–Crippen MR) is 81.2 cm³/mol. The van der Waals surface area contributed by atoms with E-state index in [2.05, 4.69) is 10.00 Å². The third kappa shape index (κ3) is 2.91. The van der Waals surface area contributed by atoms with Crippen molar-refractivity contribution in [3.63, 3.8) is 0 Å². The molecule has 0 radical (unpaired) electrons. The Kier molecular flexibility index (Phi) is 4.55. The summed E-state index contributed by atoms with van der Waals surface area (Å²) in [4.78, 5) is 15.0. The molecule has 0 aromatic carbocycles. The molecule has 1 saturated heterocycles. The van der Waals surface area contributed by atoms with Crippen LogP contribution in [0.3, 0.4) is 0 Å². The normalized spacial score (nSPS) is 17.4. The van der Waals surface area contributed by atoms with Crippen LogP contribution < -0.4 is 0 Å². The number of halogens is 1. The third-order valence-corrected chi connectivity index (χ3v) is 4.91. The third-order valence-electron chi connectivity index (χ3n) is 4.44. The van der Waals surface area contributed by atoms with Crippen LogP contribution in [-0.2, 0) is 18.3 Å². The van der Waals surface area contributed by atoms with E-state index in [1.165, 1.54) is 19.3 Å². The van der Waals surface area contributed by atoms with Gasteiger partial charge in [-0.3, -0.25) is 14.4 Å². The number of likely N-dealkylation sites (tertiary alicyclic amines) is 1. The molecule has 4 nitrogen and oxygen atoms in total. The maximum Gasteiger partial charge on any atom is 0.157 e. The predicted octanol–water partition coefficient (Wildman–Crippen LogP) is 2.76. The van der Waals surface area contributed by atoms with Gasteiger partial charge in [0.15, 0.2) is 5.78 Å². The number of nitrogens with zero attached hydrogens (tertiary/aromatic N) is 3. The first-order valence-electron chi connectivity index (χ1n) is 7.30. The number of piperidine rings is 1. The second-order valence-corrected chi connectivity index (χ2v) is 6.54. The fraction of sp³-hybridized carbons (Fsp3) is 0.733. The summed E-state index contributed by atoms with van der Waals surface area (Å²) < 4.78 is 1.63. The number of ketones is 1.